The van der Waals surface area contributed by atoms with E-state index in [-0.39, 0.29) is 5.78 Å². The van der Waals surface area contributed by atoms with E-state index >= 15 is 0 Å². The molecule has 264 valence electrons. The highest BCUT2D eigenvalue weighted by molar-refractivity contribution is 6.03. The van der Waals surface area contributed by atoms with Gasteiger partial charge in [0.1, 0.15) is 0 Å². The van der Waals surface area contributed by atoms with Crippen LogP contribution in [-0.2, 0) is 4.79 Å². The standard InChI is InChI=1S/C46H68O2/c1-3-5-6-7-8-9-10-11-12-13-14-15-16-17-18-19-20-21-25-28-31-34-37-40-43-46(48)44-41-38-35-32-29-26-23-22-24-27-30-33-36-39-42-45(47)4-2/h1-2,21,23,25-26,34,37,39,42,46,48H,5-20,22,24,27-33,35-36,38H2/b25-21-,26-23-,37-34+,42-39+. The molecule has 0 fully saturated rings. The average Bonchev–Trinajstić information content (AvgIpc) is 3.09. The largest absolute Gasteiger partial charge is 0.369 e. The van der Waals surface area contributed by atoms with Gasteiger partial charge in [-0.25, -0.2) is 0 Å². The molecule has 1 N–H and O–H groups in total. The lowest BCUT2D eigenvalue weighted by Gasteiger charge is -2.03. The zero-order chi connectivity index (χ0) is 34.9. The summed E-state index contributed by atoms with van der Waals surface area (Å²) in [6.07, 6.45) is 59.9. The van der Waals surface area contributed by atoms with E-state index in [1.165, 1.54) is 122 Å². The number of hydrogen-bond donors (Lipinski definition) is 1. The van der Waals surface area contributed by atoms with Crippen LogP contribution in [0.3, 0.4) is 0 Å². The fourth-order valence-corrected chi connectivity index (χ4v) is 5.34. The van der Waals surface area contributed by atoms with Crippen molar-refractivity contribution in [1.29, 1.82) is 0 Å². The van der Waals surface area contributed by atoms with Gasteiger partial charge in [0.15, 0.2) is 6.10 Å². The van der Waals surface area contributed by atoms with E-state index in [0.29, 0.717) is 0 Å². The van der Waals surface area contributed by atoms with Crippen molar-refractivity contribution in [1.82, 2.24) is 0 Å². The molecule has 0 aromatic heterocycles. The molecule has 2 heteroatoms. The number of terminal acetylenes is 2. The van der Waals surface area contributed by atoms with Gasteiger partial charge in [-0.1, -0.05) is 150 Å². The van der Waals surface area contributed by atoms with E-state index in [9.17, 15) is 9.90 Å². The molecule has 0 aliphatic rings. The molecule has 0 heterocycles. The number of aliphatic hydroxyl groups excluding tert-OH is 1. The van der Waals surface area contributed by atoms with E-state index in [0.717, 1.165) is 64.2 Å². The number of aliphatic hydroxyl groups is 1. The van der Waals surface area contributed by atoms with E-state index in [2.05, 4.69) is 65.9 Å². The van der Waals surface area contributed by atoms with Crippen molar-refractivity contribution in [3.63, 3.8) is 0 Å². The van der Waals surface area contributed by atoms with Crippen LogP contribution in [-0.4, -0.2) is 17.0 Å². The first-order valence-electron chi connectivity index (χ1n) is 19.4. The van der Waals surface area contributed by atoms with Gasteiger partial charge in [0, 0.05) is 12.8 Å². The normalized spacial score (nSPS) is 11.8. The van der Waals surface area contributed by atoms with Crippen LogP contribution >= 0.6 is 0 Å². The van der Waals surface area contributed by atoms with Crippen molar-refractivity contribution in [2.45, 2.75) is 186 Å². The molecule has 0 saturated heterocycles. The van der Waals surface area contributed by atoms with Crippen LogP contribution in [0.1, 0.15) is 180 Å². The Morgan fingerprint density at radius 3 is 1.44 bits per heavy atom. The molecular weight excluding hydrogens is 585 g/mol. The molecule has 0 aliphatic heterocycles. The smallest absolute Gasteiger partial charge is 0.228 e. The molecule has 0 radical (unpaired) electrons. The Kier molecular flexibility index (Phi) is 37.4. The monoisotopic (exact) mass is 653 g/mol. The second-order valence-corrected chi connectivity index (χ2v) is 12.8. The van der Waals surface area contributed by atoms with Crippen molar-refractivity contribution < 1.29 is 9.90 Å². The van der Waals surface area contributed by atoms with Crippen LogP contribution in [0.5, 0.6) is 0 Å². The lowest BCUT2D eigenvalue weighted by molar-refractivity contribution is -0.109. The second-order valence-electron chi connectivity index (χ2n) is 12.8. The summed E-state index contributed by atoms with van der Waals surface area (Å²) in [6.45, 7) is 0. The average molecular weight is 653 g/mol. The van der Waals surface area contributed by atoms with Gasteiger partial charge in [-0.3, -0.25) is 4.79 Å². The molecule has 0 rings (SSSR count). The maximum atomic E-state index is 11.0. The maximum Gasteiger partial charge on any atom is 0.228 e. The molecule has 0 saturated carbocycles. The van der Waals surface area contributed by atoms with E-state index in [1.807, 2.05) is 12.2 Å². The van der Waals surface area contributed by atoms with Crippen LogP contribution in [0.4, 0.5) is 0 Å². The number of ketones is 1. The minimum Gasteiger partial charge on any atom is -0.369 e. The number of allylic oxidation sites excluding steroid dienone is 8. The van der Waals surface area contributed by atoms with Crippen LogP contribution < -0.4 is 0 Å². The Balaban J connectivity index is 3.50. The van der Waals surface area contributed by atoms with E-state index in [1.54, 1.807) is 0 Å². The topological polar surface area (TPSA) is 37.3 Å². The van der Waals surface area contributed by atoms with Crippen LogP contribution in [0, 0.1) is 48.4 Å². The Morgan fingerprint density at radius 2 is 0.917 bits per heavy atom. The van der Waals surface area contributed by atoms with Gasteiger partial charge in [-0.15, -0.1) is 18.8 Å². The summed E-state index contributed by atoms with van der Waals surface area (Å²) in [7, 11) is 0. The van der Waals surface area contributed by atoms with Crippen molar-refractivity contribution >= 4 is 5.78 Å². The third kappa shape index (κ3) is 39.0. The molecule has 1 unspecified atom stereocenters. The van der Waals surface area contributed by atoms with E-state index in [4.69, 9.17) is 12.8 Å². The molecule has 2 nitrogen and oxygen atoms in total. The first kappa shape index (κ1) is 44.8. The fraction of sp³-hybridized carbons (Fsp3) is 0.630. The first-order valence-corrected chi connectivity index (χ1v) is 19.4. The molecule has 1 atom stereocenters. The number of carbonyl (C=O) groups excluding carboxylic acids is 1. The predicted molar refractivity (Wildman–Crippen MR) is 210 cm³/mol. The van der Waals surface area contributed by atoms with E-state index < -0.39 is 6.10 Å². The molecular formula is C46H68O2. The summed E-state index contributed by atoms with van der Waals surface area (Å²) in [5.41, 5.74) is 0. The fourth-order valence-electron chi connectivity index (χ4n) is 5.34. The van der Waals surface area contributed by atoms with Gasteiger partial charge in [-0.2, -0.15) is 0 Å². The Labute approximate surface area is 297 Å². The summed E-state index contributed by atoms with van der Waals surface area (Å²) >= 11 is 0. The first-order chi connectivity index (χ1) is 23.7. The Bertz CT molecular complexity index is 1070. The van der Waals surface area contributed by atoms with Gasteiger partial charge < -0.3 is 5.11 Å². The molecule has 0 spiro atoms. The molecule has 0 amide bonds. The summed E-state index contributed by atoms with van der Waals surface area (Å²) in [5, 5.41) is 9.93. The molecule has 0 aromatic carbocycles. The quantitative estimate of drug-likeness (QED) is 0.0266. The van der Waals surface area contributed by atoms with Crippen molar-refractivity contribution in [2.24, 2.45) is 0 Å². The third-order valence-corrected chi connectivity index (χ3v) is 8.26. The lowest BCUT2D eigenvalue weighted by Crippen LogP contribution is -1.97. The summed E-state index contributed by atoms with van der Waals surface area (Å²) < 4.78 is 0. The summed E-state index contributed by atoms with van der Waals surface area (Å²) in [4.78, 5) is 11.0. The highest BCUT2D eigenvalue weighted by atomic mass is 16.3. The Morgan fingerprint density at radius 1 is 0.500 bits per heavy atom. The van der Waals surface area contributed by atoms with Crippen molar-refractivity contribution in [3.8, 4) is 48.4 Å². The zero-order valence-electron chi connectivity index (χ0n) is 30.5. The summed E-state index contributed by atoms with van der Waals surface area (Å²) in [5.74, 6) is 16.2. The minimum atomic E-state index is -0.869. The highest BCUT2D eigenvalue weighted by Crippen LogP contribution is 2.14. The van der Waals surface area contributed by atoms with Crippen molar-refractivity contribution in [3.05, 3.63) is 48.6 Å². The maximum absolute atomic E-state index is 11.0. The Hall–Kier alpha value is -3.17. The molecule has 0 aromatic rings. The lowest BCUT2D eigenvalue weighted by atomic mass is 10.0. The van der Waals surface area contributed by atoms with Crippen LogP contribution in [0.15, 0.2) is 48.6 Å². The predicted octanol–water partition coefficient (Wildman–Crippen LogP) is 12.3. The SMILES string of the molecule is C#CCCCCCCCCCCCCCCCC/C=C\CC/C=C/C#CC(O)C#CCCCC/C=C\CCCCCC/C=C/C(=O)C#C. The second kappa shape index (κ2) is 40.0. The minimum absolute atomic E-state index is 0.250. The summed E-state index contributed by atoms with van der Waals surface area (Å²) in [6, 6.07) is 0. The van der Waals surface area contributed by atoms with Crippen molar-refractivity contribution in [2.75, 3.05) is 0 Å². The third-order valence-electron chi connectivity index (χ3n) is 8.26. The number of carbonyl (C=O) groups is 1. The van der Waals surface area contributed by atoms with Gasteiger partial charge >= 0.3 is 0 Å². The number of unbranched alkanes of at least 4 members (excludes halogenated alkanes) is 24. The molecule has 48 heavy (non-hydrogen) atoms. The number of hydrogen-bond acceptors (Lipinski definition) is 2. The number of rotatable bonds is 31. The van der Waals surface area contributed by atoms with Gasteiger partial charge in [0.25, 0.3) is 0 Å². The molecule has 0 aliphatic carbocycles. The van der Waals surface area contributed by atoms with Gasteiger partial charge in [-0.05, 0) is 95.1 Å². The van der Waals surface area contributed by atoms with Gasteiger partial charge in [0.05, 0.1) is 0 Å². The highest BCUT2D eigenvalue weighted by Gasteiger charge is 1.95. The zero-order valence-corrected chi connectivity index (χ0v) is 30.5. The van der Waals surface area contributed by atoms with Crippen LogP contribution in [0.2, 0.25) is 0 Å². The van der Waals surface area contributed by atoms with Crippen LogP contribution in [0.25, 0.3) is 0 Å². The van der Waals surface area contributed by atoms with Gasteiger partial charge in [0.2, 0.25) is 5.78 Å². The molecule has 0 bridgehead atoms.